The number of nitrogens with one attached hydrogen (secondary N) is 1. The summed E-state index contributed by atoms with van der Waals surface area (Å²) in [4.78, 5) is 4.42. The number of benzene rings is 2. The van der Waals surface area contributed by atoms with Crippen LogP contribution in [0.2, 0.25) is 0 Å². The number of hydrogen-bond acceptors (Lipinski definition) is 4. The number of fused-ring (bicyclic) bond motifs is 1. The van der Waals surface area contributed by atoms with Gasteiger partial charge in [0.25, 0.3) is 0 Å². The van der Waals surface area contributed by atoms with E-state index in [1.807, 2.05) is 42.5 Å². The molecular formula is C15H11N3S. The molecule has 1 heterocycles. The predicted octanol–water partition coefficient (Wildman–Crippen LogP) is 4.11. The number of nitrogens with zero attached hydrogens (tertiary/aromatic N) is 2. The Hall–Kier alpha value is -2.38. The van der Waals surface area contributed by atoms with Gasteiger partial charge in [0.05, 0.1) is 22.7 Å². The van der Waals surface area contributed by atoms with Crippen molar-refractivity contribution in [3.05, 3.63) is 53.5 Å². The molecule has 2 aromatic carbocycles. The zero-order valence-electron chi connectivity index (χ0n) is 10.1. The Bertz CT molecular complexity index is 741. The van der Waals surface area contributed by atoms with Crippen LogP contribution in [0.1, 0.15) is 5.01 Å². The van der Waals surface area contributed by atoms with Crippen LogP contribution in [0.5, 0.6) is 0 Å². The smallest absolute Gasteiger partial charge is 0.108 e. The van der Waals surface area contributed by atoms with E-state index in [1.54, 1.807) is 11.3 Å². The molecule has 3 aromatic rings. The second kappa shape index (κ2) is 5.09. The van der Waals surface area contributed by atoms with Gasteiger partial charge in [0.2, 0.25) is 0 Å². The van der Waals surface area contributed by atoms with Crippen LogP contribution in [0.15, 0.2) is 48.5 Å². The first-order valence-electron chi connectivity index (χ1n) is 5.93. The first kappa shape index (κ1) is 11.7. The van der Waals surface area contributed by atoms with Crippen LogP contribution in [0.4, 0.5) is 11.4 Å². The highest BCUT2D eigenvalue weighted by Gasteiger charge is 2.04. The van der Waals surface area contributed by atoms with Crippen LogP contribution < -0.4 is 5.32 Å². The van der Waals surface area contributed by atoms with Gasteiger partial charge in [-0.25, -0.2) is 4.98 Å². The lowest BCUT2D eigenvalue weighted by atomic mass is 10.2. The zero-order chi connectivity index (χ0) is 13.1. The van der Waals surface area contributed by atoms with E-state index in [2.05, 4.69) is 22.4 Å². The molecule has 0 fully saturated rings. The number of aromatic nitrogens is 1. The largest absolute Gasteiger partial charge is 0.355 e. The van der Waals surface area contributed by atoms with E-state index in [9.17, 15) is 0 Å². The molecule has 0 amide bonds. The number of rotatable bonds is 3. The lowest BCUT2D eigenvalue weighted by Gasteiger charge is -2.05. The van der Waals surface area contributed by atoms with Crippen molar-refractivity contribution in [3.8, 4) is 6.07 Å². The molecule has 0 bridgehead atoms. The molecule has 0 aliphatic carbocycles. The molecule has 0 radical (unpaired) electrons. The lowest BCUT2D eigenvalue weighted by Crippen LogP contribution is -1.88. The molecule has 0 aliphatic rings. The minimum Gasteiger partial charge on any atom is -0.355 e. The minimum atomic E-state index is 0.376. The molecule has 92 valence electrons. The van der Waals surface area contributed by atoms with Crippen LogP contribution >= 0.6 is 11.3 Å². The highest BCUT2D eigenvalue weighted by molar-refractivity contribution is 7.18. The third-order valence-electron chi connectivity index (χ3n) is 2.73. The van der Waals surface area contributed by atoms with E-state index in [1.165, 1.54) is 0 Å². The topological polar surface area (TPSA) is 48.7 Å². The highest BCUT2D eigenvalue weighted by Crippen LogP contribution is 2.27. The maximum atomic E-state index is 8.70. The number of anilines is 2. The van der Waals surface area contributed by atoms with E-state index in [-0.39, 0.29) is 0 Å². The molecule has 1 aromatic heterocycles. The molecule has 1 N–H and O–H groups in total. The van der Waals surface area contributed by atoms with Crippen molar-refractivity contribution in [1.29, 1.82) is 5.26 Å². The van der Waals surface area contributed by atoms with E-state index in [4.69, 9.17) is 5.26 Å². The molecule has 0 unspecified atom stereocenters. The Labute approximate surface area is 115 Å². The summed E-state index contributed by atoms with van der Waals surface area (Å²) in [6.45, 7) is 0. The third-order valence-corrected chi connectivity index (χ3v) is 3.74. The van der Waals surface area contributed by atoms with Crippen molar-refractivity contribution in [2.45, 2.75) is 6.42 Å². The van der Waals surface area contributed by atoms with Crippen LogP contribution in [-0.4, -0.2) is 4.98 Å². The van der Waals surface area contributed by atoms with Crippen LogP contribution in [0.3, 0.4) is 0 Å². The van der Waals surface area contributed by atoms with Crippen molar-refractivity contribution in [1.82, 2.24) is 4.98 Å². The average molecular weight is 265 g/mol. The molecule has 3 nitrogen and oxygen atoms in total. The van der Waals surface area contributed by atoms with E-state index < -0.39 is 0 Å². The fourth-order valence-corrected chi connectivity index (χ4v) is 2.82. The second-order valence-corrected chi connectivity index (χ2v) is 5.23. The summed E-state index contributed by atoms with van der Waals surface area (Å²) in [6.07, 6.45) is 0.376. The number of nitriles is 1. The minimum absolute atomic E-state index is 0.376. The summed E-state index contributed by atoms with van der Waals surface area (Å²) < 4.78 is 1.10. The number of hydrogen-bond donors (Lipinski definition) is 1. The highest BCUT2D eigenvalue weighted by atomic mass is 32.1. The summed E-state index contributed by atoms with van der Waals surface area (Å²) in [5, 5.41) is 12.9. The molecule has 0 atom stereocenters. The van der Waals surface area contributed by atoms with Crippen molar-refractivity contribution < 1.29 is 0 Å². The number of para-hydroxylation sites is 1. The average Bonchev–Trinajstić information content (AvgIpc) is 2.82. The molecule has 0 spiro atoms. The van der Waals surface area contributed by atoms with Gasteiger partial charge in [-0.1, -0.05) is 18.2 Å². The maximum Gasteiger partial charge on any atom is 0.108 e. The van der Waals surface area contributed by atoms with Gasteiger partial charge in [0.15, 0.2) is 0 Å². The van der Waals surface area contributed by atoms with E-state index in [0.717, 1.165) is 26.6 Å². The van der Waals surface area contributed by atoms with Gasteiger partial charge < -0.3 is 5.32 Å². The van der Waals surface area contributed by atoms with Crippen molar-refractivity contribution in [2.75, 3.05) is 5.32 Å². The van der Waals surface area contributed by atoms with Crippen LogP contribution in [0, 0.1) is 11.3 Å². The summed E-state index contributed by atoms with van der Waals surface area (Å²) >= 11 is 1.57. The zero-order valence-corrected chi connectivity index (χ0v) is 10.9. The van der Waals surface area contributed by atoms with E-state index >= 15 is 0 Å². The molecule has 4 heteroatoms. The Morgan fingerprint density at radius 3 is 2.74 bits per heavy atom. The molecular weight excluding hydrogens is 254 g/mol. The Morgan fingerprint density at radius 2 is 1.95 bits per heavy atom. The lowest BCUT2D eigenvalue weighted by molar-refractivity contribution is 1.21. The molecule has 3 rings (SSSR count). The van der Waals surface area contributed by atoms with Gasteiger partial charge in [-0.3, -0.25) is 0 Å². The maximum absolute atomic E-state index is 8.70. The van der Waals surface area contributed by atoms with Crippen LogP contribution in [0.25, 0.3) is 10.2 Å². The van der Waals surface area contributed by atoms with Gasteiger partial charge >= 0.3 is 0 Å². The summed E-state index contributed by atoms with van der Waals surface area (Å²) in [7, 11) is 0. The first-order chi connectivity index (χ1) is 9.35. The third kappa shape index (κ3) is 2.56. The van der Waals surface area contributed by atoms with Crippen molar-refractivity contribution in [2.24, 2.45) is 0 Å². The Balaban J connectivity index is 1.91. The fraction of sp³-hybridized carbons (Fsp3) is 0.0667. The number of thiazole rings is 1. The van der Waals surface area contributed by atoms with Gasteiger partial charge in [-0.15, -0.1) is 11.3 Å². The normalized spacial score (nSPS) is 10.3. The predicted molar refractivity (Wildman–Crippen MR) is 78.7 cm³/mol. The van der Waals surface area contributed by atoms with Gasteiger partial charge in [0, 0.05) is 11.4 Å². The molecule has 0 saturated heterocycles. The first-order valence-corrected chi connectivity index (χ1v) is 6.75. The van der Waals surface area contributed by atoms with Gasteiger partial charge in [-0.05, 0) is 30.3 Å². The molecule has 0 aliphatic heterocycles. The van der Waals surface area contributed by atoms with Gasteiger partial charge in [-0.2, -0.15) is 5.26 Å². The second-order valence-electron chi connectivity index (χ2n) is 4.12. The SMILES string of the molecule is N#CCc1nc2ccc(Nc3ccccc3)cc2s1. The quantitative estimate of drug-likeness (QED) is 0.775. The van der Waals surface area contributed by atoms with E-state index in [0.29, 0.717) is 6.42 Å². The van der Waals surface area contributed by atoms with Crippen molar-refractivity contribution >= 4 is 32.9 Å². The van der Waals surface area contributed by atoms with Crippen LogP contribution in [-0.2, 0) is 6.42 Å². The summed E-state index contributed by atoms with van der Waals surface area (Å²) in [6, 6.07) is 18.2. The Morgan fingerprint density at radius 1 is 1.11 bits per heavy atom. The van der Waals surface area contributed by atoms with Gasteiger partial charge in [0.1, 0.15) is 5.01 Å². The fourth-order valence-electron chi connectivity index (χ4n) is 1.88. The summed E-state index contributed by atoms with van der Waals surface area (Å²) in [5.74, 6) is 0. The molecule has 19 heavy (non-hydrogen) atoms. The monoisotopic (exact) mass is 265 g/mol. The standard InChI is InChI=1S/C15H11N3S/c16-9-8-15-18-13-7-6-12(10-14(13)19-15)17-11-4-2-1-3-5-11/h1-7,10,17H,8H2. The van der Waals surface area contributed by atoms with Crippen molar-refractivity contribution in [3.63, 3.8) is 0 Å². The molecule has 0 saturated carbocycles. The summed E-state index contributed by atoms with van der Waals surface area (Å²) in [5.41, 5.74) is 3.04. The Kier molecular flexibility index (Phi) is 3.13.